The maximum absolute atomic E-state index is 10.5. The molecular weight excluding hydrogens is 162 g/mol. The van der Waals surface area contributed by atoms with Gasteiger partial charge in [-0.05, 0) is 12.8 Å². The number of hydrogen-bond acceptors (Lipinski definition) is 3. The van der Waals surface area contributed by atoms with Crippen molar-refractivity contribution in [2.24, 2.45) is 11.7 Å². The summed E-state index contributed by atoms with van der Waals surface area (Å²) in [6.45, 7) is 2.81. The van der Waals surface area contributed by atoms with Crippen molar-refractivity contribution >= 4 is 11.9 Å². The summed E-state index contributed by atoms with van der Waals surface area (Å²) in [4.78, 5) is 20.8. The number of rotatable bonds is 4. The monoisotopic (exact) mass is 175 g/mol. The Balaban J connectivity index is 4.35. The second kappa shape index (κ2) is 3.53. The summed E-state index contributed by atoms with van der Waals surface area (Å²) in [5, 5.41) is 17.0. The van der Waals surface area contributed by atoms with Gasteiger partial charge in [-0.1, -0.05) is 6.92 Å². The number of carboxylic acid groups (broad SMARTS) is 2. The summed E-state index contributed by atoms with van der Waals surface area (Å²) in [7, 11) is 0. The van der Waals surface area contributed by atoms with Crippen LogP contribution < -0.4 is 5.73 Å². The van der Waals surface area contributed by atoms with E-state index in [0.29, 0.717) is 0 Å². The Bertz CT molecular complexity index is 200. The van der Waals surface area contributed by atoms with Gasteiger partial charge >= 0.3 is 11.9 Å². The normalized spacial score (nSPS) is 17.9. The molecular formula is C7H13NO4. The molecule has 0 aromatic rings. The molecule has 0 aliphatic carbocycles. The van der Waals surface area contributed by atoms with Crippen molar-refractivity contribution in [1.82, 2.24) is 0 Å². The van der Waals surface area contributed by atoms with E-state index < -0.39 is 23.4 Å². The van der Waals surface area contributed by atoms with Crippen molar-refractivity contribution < 1.29 is 19.8 Å². The van der Waals surface area contributed by atoms with Gasteiger partial charge in [0.2, 0.25) is 0 Å². The fourth-order valence-corrected chi connectivity index (χ4v) is 0.685. The predicted molar refractivity (Wildman–Crippen MR) is 41.6 cm³/mol. The lowest BCUT2D eigenvalue weighted by atomic mass is 9.86. The molecule has 12 heavy (non-hydrogen) atoms. The van der Waals surface area contributed by atoms with E-state index in [0.717, 1.165) is 0 Å². The summed E-state index contributed by atoms with van der Waals surface area (Å²) in [5.41, 5.74) is 3.91. The summed E-state index contributed by atoms with van der Waals surface area (Å²) in [6, 6.07) is 0. The van der Waals surface area contributed by atoms with E-state index in [9.17, 15) is 9.59 Å². The van der Waals surface area contributed by atoms with Crippen molar-refractivity contribution in [3.8, 4) is 0 Å². The molecule has 0 spiro atoms. The second-order valence-corrected chi connectivity index (χ2v) is 3.09. The first-order valence-corrected chi connectivity index (χ1v) is 3.52. The molecule has 0 heterocycles. The summed E-state index contributed by atoms with van der Waals surface area (Å²) in [5.74, 6) is -2.82. The highest BCUT2D eigenvalue weighted by Gasteiger charge is 2.35. The van der Waals surface area contributed by atoms with Crippen LogP contribution >= 0.6 is 0 Å². The molecule has 0 rings (SSSR count). The van der Waals surface area contributed by atoms with Crippen LogP contribution in [-0.4, -0.2) is 27.7 Å². The van der Waals surface area contributed by atoms with Crippen molar-refractivity contribution in [1.29, 1.82) is 0 Å². The van der Waals surface area contributed by atoms with E-state index in [2.05, 4.69) is 0 Å². The number of carboxylic acids is 2. The first-order chi connectivity index (χ1) is 5.28. The second-order valence-electron chi connectivity index (χ2n) is 3.09. The van der Waals surface area contributed by atoms with Crippen LogP contribution in [0.25, 0.3) is 0 Å². The Kier molecular flexibility index (Phi) is 3.21. The number of aliphatic carboxylic acids is 2. The number of hydrogen-bond donors (Lipinski definition) is 3. The van der Waals surface area contributed by atoms with Crippen molar-refractivity contribution in [3.05, 3.63) is 0 Å². The van der Waals surface area contributed by atoms with Gasteiger partial charge in [-0.15, -0.1) is 0 Å². The standard InChI is InChI=1S/C7H13NO4/c1-4(3-5(9)10)7(2,8)6(11)12/h4H,3,8H2,1-2H3,(H,9,10)(H,11,12)/t4?,7-/m0/s1. The average Bonchev–Trinajstić information content (AvgIpc) is 1.85. The van der Waals surface area contributed by atoms with Crippen LogP contribution in [0.15, 0.2) is 0 Å². The Morgan fingerprint density at radius 1 is 1.50 bits per heavy atom. The van der Waals surface area contributed by atoms with Crippen LogP contribution in [0.1, 0.15) is 20.3 Å². The maximum atomic E-state index is 10.5. The van der Waals surface area contributed by atoms with Gasteiger partial charge < -0.3 is 15.9 Å². The smallest absolute Gasteiger partial charge is 0.323 e. The van der Waals surface area contributed by atoms with Crippen LogP contribution in [0.2, 0.25) is 0 Å². The molecule has 5 heteroatoms. The molecule has 0 aliphatic heterocycles. The fourth-order valence-electron chi connectivity index (χ4n) is 0.685. The van der Waals surface area contributed by atoms with Crippen molar-refractivity contribution in [2.75, 3.05) is 0 Å². The molecule has 0 radical (unpaired) electrons. The van der Waals surface area contributed by atoms with Gasteiger partial charge in [0, 0.05) is 0 Å². The molecule has 0 bridgehead atoms. The highest BCUT2D eigenvalue weighted by Crippen LogP contribution is 2.17. The third kappa shape index (κ3) is 2.50. The quantitative estimate of drug-likeness (QED) is 0.553. The fraction of sp³-hybridized carbons (Fsp3) is 0.714. The van der Waals surface area contributed by atoms with Gasteiger partial charge in [0.05, 0.1) is 6.42 Å². The summed E-state index contributed by atoms with van der Waals surface area (Å²) in [6.07, 6.45) is -0.237. The third-order valence-corrected chi connectivity index (χ3v) is 1.97. The highest BCUT2D eigenvalue weighted by molar-refractivity contribution is 5.79. The SMILES string of the molecule is CC(CC(=O)O)[C@](C)(N)C(=O)O. The van der Waals surface area contributed by atoms with E-state index in [1.807, 2.05) is 0 Å². The molecule has 0 saturated carbocycles. The molecule has 0 aliphatic rings. The molecule has 5 nitrogen and oxygen atoms in total. The Hall–Kier alpha value is -1.10. The predicted octanol–water partition coefficient (Wildman–Crippen LogP) is -0.101. The minimum atomic E-state index is -1.47. The molecule has 4 N–H and O–H groups in total. The van der Waals surface area contributed by atoms with Crippen LogP contribution in [0.5, 0.6) is 0 Å². The Morgan fingerprint density at radius 2 is 1.92 bits per heavy atom. The molecule has 0 amide bonds. The largest absolute Gasteiger partial charge is 0.481 e. The first-order valence-electron chi connectivity index (χ1n) is 3.52. The summed E-state index contributed by atoms with van der Waals surface area (Å²) < 4.78 is 0. The third-order valence-electron chi connectivity index (χ3n) is 1.97. The van der Waals surface area contributed by atoms with Crippen LogP contribution in [0.3, 0.4) is 0 Å². The Morgan fingerprint density at radius 3 is 2.17 bits per heavy atom. The van der Waals surface area contributed by atoms with E-state index in [-0.39, 0.29) is 6.42 Å². The van der Waals surface area contributed by atoms with E-state index >= 15 is 0 Å². The van der Waals surface area contributed by atoms with E-state index in [1.165, 1.54) is 13.8 Å². The molecule has 2 atom stereocenters. The number of nitrogens with two attached hydrogens (primary N) is 1. The minimum absolute atomic E-state index is 0.237. The maximum Gasteiger partial charge on any atom is 0.323 e. The van der Waals surface area contributed by atoms with Crippen LogP contribution in [-0.2, 0) is 9.59 Å². The average molecular weight is 175 g/mol. The van der Waals surface area contributed by atoms with E-state index in [1.54, 1.807) is 0 Å². The molecule has 0 saturated heterocycles. The van der Waals surface area contributed by atoms with Gasteiger partial charge in [0.25, 0.3) is 0 Å². The zero-order valence-corrected chi connectivity index (χ0v) is 7.07. The molecule has 0 fully saturated rings. The minimum Gasteiger partial charge on any atom is -0.481 e. The van der Waals surface area contributed by atoms with Gasteiger partial charge in [0.1, 0.15) is 5.54 Å². The molecule has 0 aromatic heterocycles. The Labute approximate surface area is 70.2 Å². The molecule has 0 aromatic carbocycles. The van der Waals surface area contributed by atoms with Gasteiger partial charge in [-0.2, -0.15) is 0 Å². The van der Waals surface area contributed by atoms with Gasteiger partial charge in [0.15, 0.2) is 0 Å². The lowest BCUT2D eigenvalue weighted by Crippen LogP contribution is -2.51. The van der Waals surface area contributed by atoms with Gasteiger partial charge in [-0.3, -0.25) is 9.59 Å². The summed E-state index contributed by atoms with van der Waals surface area (Å²) >= 11 is 0. The zero-order chi connectivity index (χ0) is 9.94. The topological polar surface area (TPSA) is 101 Å². The highest BCUT2D eigenvalue weighted by atomic mass is 16.4. The van der Waals surface area contributed by atoms with E-state index in [4.69, 9.17) is 15.9 Å². The van der Waals surface area contributed by atoms with Crippen LogP contribution in [0, 0.1) is 5.92 Å². The lowest BCUT2D eigenvalue weighted by molar-refractivity contribution is -0.146. The number of carbonyl (C=O) groups is 2. The van der Waals surface area contributed by atoms with Crippen molar-refractivity contribution in [3.63, 3.8) is 0 Å². The van der Waals surface area contributed by atoms with Gasteiger partial charge in [-0.25, -0.2) is 0 Å². The molecule has 70 valence electrons. The van der Waals surface area contributed by atoms with Crippen LogP contribution in [0.4, 0.5) is 0 Å². The first kappa shape index (κ1) is 10.9. The molecule has 1 unspecified atom stereocenters. The lowest BCUT2D eigenvalue weighted by Gasteiger charge is -2.25. The zero-order valence-electron chi connectivity index (χ0n) is 7.07. The van der Waals surface area contributed by atoms with Crippen molar-refractivity contribution in [2.45, 2.75) is 25.8 Å².